The average molecular weight is 376 g/mol. The van der Waals surface area contributed by atoms with E-state index in [1.165, 1.54) is 0 Å². The molecule has 4 rings (SSSR count). The third-order valence-corrected chi connectivity index (χ3v) is 6.73. The van der Waals surface area contributed by atoms with Crippen molar-refractivity contribution in [2.75, 3.05) is 31.1 Å². The molecular weight excluding hydrogens is 355 g/mol. The molecule has 7 heteroatoms. The predicted molar refractivity (Wildman–Crippen MR) is 97.3 cm³/mol. The molecule has 0 saturated carbocycles. The molecule has 2 atom stereocenters. The number of nitrogens with zero attached hydrogens (tertiary/aromatic N) is 1. The Bertz CT molecular complexity index is 889. The van der Waals surface area contributed by atoms with Gasteiger partial charge in [0.25, 0.3) is 0 Å². The van der Waals surface area contributed by atoms with Crippen LogP contribution < -0.4 is 15.0 Å². The maximum atomic E-state index is 14.5. The Morgan fingerprint density at radius 2 is 1.92 bits per heavy atom. The van der Waals surface area contributed by atoms with Crippen LogP contribution in [-0.2, 0) is 9.84 Å². The summed E-state index contributed by atoms with van der Waals surface area (Å²) in [6.45, 7) is 2.08. The molecule has 1 fully saturated rings. The van der Waals surface area contributed by atoms with E-state index in [1.807, 2.05) is 4.90 Å². The smallest absolute Gasteiger partial charge is 0.206 e. The summed E-state index contributed by atoms with van der Waals surface area (Å²) in [5, 5.41) is 3.06. The molecule has 0 bridgehead atoms. The van der Waals surface area contributed by atoms with E-state index < -0.39 is 16.0 Å². The summed E-state index contributed by atoms with van der Waals surface area (Å²) in [6, 6.07) is 12.9. The van der Waals surface area contributed by atoms with Crippen molar-refractivity contribution >= 4 is 15.5 Å². The van der Waals surface area contributed by atoms with E-state index >= 15 is 0 Å². The molecule has 26 heavy (non-hydrogen) atoms. The summed E-state index contributed by atoms with van der Waals surface area (Å²) in [4.78, 5) is 2.41. The zero-order chi connectivity index (χ0) is 18.1. The highest BCUT2D eigenvalue weighted by Crippen LogP contribution is 2.37. The number of benzene rings is 2. The summed E-state index contributed by atoms with van der Waals surface area (Å²) >= 11 is 0. The molecule has 138 valence electrons. The van der Waals surface area contributed by atoms with Crippen molar-refractivity contribution in [3.05, 3.63) is 48.5 Å². The van der Waals surface area contributed by atoms with Gasteiger partial charge in [0, 0.05) is 6.54 Å². The molecule has 0 amide bonds. The van der Waals surface area contributed by atoms with Gasteiger partial charge in [-0.1, -0.05) is 18.2 Å². The van der Waals surface area contributed by atoms with E-state index in [-0.39, 0.29) is 15.8 Å². The summed E-state index contributed by atoms with van der Waals surface area (Å²) in [5.74, 6) is 0.606. The monoisotopic (exact) mass is 376 g/mol. The zero-order valence-electron chi connectivity index (χ0n) is 14.3. The molecule has 0 aliphatic carbocycles. The molecule has 2 heterocycles. The first-order chi connectivity index (χ1) is 12.6. The molecule has 5 nitrogen and oxygen atoms in total. The lowest BCUT2D eigenvalue weighted by Gasteiger charge is -2.41. The average Bonchev–Trinajstić information content (AvgIpc) is 2.68. The number of anilines is 1. The quantitative estimate of drug-likeness (QED) is 0.892. The number of piperidine rings is 1. The second-order valence-electron chi connectivity index (χ2n) is 6.56. The van der Waals surface area contributed by atoms with E-state index in [1.54, 1.807) is 48.5 Å². The van der Waals surface area contributed by atoms with Crippen LogP contribution >= 0.6 is 0 Å². The Labute approximate surface area is 152 Å². The van der Waals surface area contributed by atoms with Crippen LogP contribution in [-0.4, -0.2) is 46.9 Å². The molecule has 0 radical (unpaired) electrons. The number of hydrogen-bond acceptors (Lipinski definition) is 5. The van der Waals surface area contributed by atoms with Crippen molar-refractivity contribution in [3.63, 3.8) is 0 Å². The number of halogens is 1. The number of sulfone groups is 1. The summed E-state index contributed by atoms with van der Waals surface area (Å²) in [5.41, 5.74) is 0.655. The van der Waals surface area contributed by atoms with E-state index in [0.29, 0.717) is 37.6 Å². The molecule has 2 aromatic rings. The molecule has 0 spiro atoms. The summed E-state index contributed by atoms with van der Waals surface area (Å²) in [7, 11) is -3.63. The van der Waals surface area contributed by atoms with E-state index in [2.05, 4.69) is 5.32 Å². The molecule has 1 saturated heterocycles. The fraction of sp³-hybridized carbons (Fsp3) is 0.368. The van der Waals surface area contributed by atoms with Crippen LogP contribution in [0.5, 0.6) is 5.75 Å². The second-order valence-corrected chi connectivity index (χ2v) is 8.51. The van der Waals surface area contributed by atoms with Gasteiger partial charge in [0.2, 0.25) is 9.84 Å². The Kier molecular flexibility index (Phi) is 4.58. The molecule has 0 aromatic heterocycles. The lowest BCUT2D eigenvalue weighted by atomic mass is 10.0. The van der Waals surface area contributed by atoms with Crippen LogP contribution in [0.25, 0.3) is 0 Å². The van der Waals surface area contributed by atoms with Gasteiger partial charge in [-0.25, -0.2) is 12.8 Å². The maximum Gasteiger partial charge on any atom is 0.206 e. The molecule has 2 unspecified atom stereocenters. The van der Waals surface area contributed by atoms with Gasteiger partial charge in [-0.2, -0.15) is 0 Å². The number of hydrogen-bond donors (Lipinski definition) is 1. The fourth-order valence-corrected chi connectivity index (χ4v) is 4.92. The van der Waals surface area contributed by atoms with Gasteiger partial charge in [0.1, 0.15) is 18.5 Å². The van der Waals surface area contributed by atoms with Crippen LogP contribution in [0.1, 0.15) is 6.42 Å². The number of fused-ring (bicyclic) bond motifs is 1. The molecule has 2 aliphatic rings. The number of nitrogens with one attached hydrogen (secondary N) is 1. The van der Waals surface area contributed by atoms with Gasteiger partial charge in [0.05, 0.1) is 28.1 Å². The Balaban J connectivity index is 1.74. The van der Waals surface area contributed by atoms with Gasteiger partial charge in [-0.15, -0.1) is 0 Å². The highest BCUT2D eigenvalue weighted by molar-refractivity contribution is 7.91. The summed E-state index contributed by atoms with van der Waals surface area (Å²) < 4.78 is 46.0. The molecule has 2 aromatic carbocycles. The molecule has 1 N–H and O–H groups in total. The largest absolute Gasteiger partial charge is 0.490 e. The lowest BCUT2D eigenvalue weighted by Crippen LogP contribution is -2.53. The summed E-state index contributed by atoms with van der Waals surface area (Å²) in [6.07, 6.45) is -0.319. The molecular formula is C19H21FN2O3S. The predicted octanol–water partition coefficient (Wildman–Crippen LogP) is 2.42. The normalized spacial score (nSPS) is 23.2. The van der Waals surface area contributed by atoms with Crippen molar-refractivity contribution in [3.8, 4) is 5.75 Å². The van der Waals surface area contributed by atoms with Crippen LogP contribution in [0.3, 0.4) is 0 Å². The van der Waals surface area contributed by atoms with Gasteiger partial charge >= 0.3 is 0 Å². The van der Waals surface area contributed by atoms with Crippen molar-refractivity contribution in [2.45, 2.75) is 28.4 Å². The van der Waals surface area contributed by atoms with Crippen molar-refractivity contribution in [1.82, 2.24) is 5.32 Å². The highest BCUT2D eigenvalue weighted by Gasteiger charge is 2.34. The van der Waals surface area contributed by atoms with Crippen LogP contribution in [0.4, 0.5) is 10.1 Å². The SMILES string of the molecule is O=S(=O)(c1ccccc1)c1ccc2c(c1)N(C1CCNCC1F)CCO2. The number of ether oxygens (including phenoxy) is 1. The fourth-order valence-electron chi connectivity index (χ4n) is 3.62. The van der Waals surface area contributed by atoms with Gasteiger partial charge < -0.3 is 15.0 Å². The van der Waals surface area contributed by atoms with Crippen LogP contribution in [0.2, 0.25) is 0 Å². The Morgan fingerprint density at radius 3 is 2.69 bits per heavy atom. The lowest BCUT2D eigenvalue weighted by molar-refractivity contribution is 0.208. The van der Waals surface area contributed by atoms with E-state index in [9.17, 15) is 12.8 Å². The van der Waals surface area contributed by atoms with E-state index in [4.69, 9.17) is 4.74 Å². The van der Waals surface area contributed by atoms with Crippen molar-refractivity contribution in [1.29, 1.82) is 0 Å². The van der Waals surface area contributed by atoms with Gasteiger partial charge in [-0.3, -0.25) is 0 Å². The minimum absolute atomic E-state index is 0.197. The third-order valence-electron chi connectivity index (χ3n) is 4.97. The standard InChI is InChI=1S/C19H21FN2O3S/c20-16-13-21-9-8-17(16)22-10-11-25-19-7-6-15(12-18(19)22)26(23,24)14-4-2-1-3-5-14/h1-7,12,16-17,21H,8-11,13H2. The van der Waals surface area contributed by atoms with Crippen LogP contribution in [0.15, 0.2) is 58.3 Å². The first-order valence-corrected chi connectivity index (χ1v) is 10.2. The third kappa shape index (κ3) is 3.05. The van der Waals surface area contributed by atoms with E-state index in [0.717, 1.165) is 6.54 Å². The second kappa shape index (κ2) is 6.89. The maximum absolute atomic E-state index is 14.5. The van der Waals surface area contributed by atoms with Gasteiger partial charge in [-0.05, 0) is 43.3 Å². The van der Waals surface area contributed by atoms with Gasteiger partial charge in [0.15, 0.2) is 0 Å². The first kappa shape index (κ1) is 17.3. The minimum Gasteiger partial charge on any atom is -0.490 e. The Morgan fingerprint density at radius 1 is 1.12 bits per heavy atom. The van der Waals surface area contributed by atoms with Crippen molar-refractivity contribution in [2.24, 2.45) is 0 Å². The number of alkyl halides is 1. The Hall–Kier alpha value is -2.12. The highest BCUT2D eigenvalue weighted by atomic mass is 32.2. The minimum atomic E-state index is -3.63. The van der Waals surface area contributed by atoms with Crippen LogP contribution in [0, 0.1) is 0 Å². The van der Waals surface area contributed by atoms with Crippen molar-refractivity contribution < 1.29 is 17.5 Å². The zero-order valence-corrected chi connectivity index (χ0v) is 15.1. The number of rotatable bonds is 3. The first-order valence-electron chi connectivity index (χ1n) is 8.76. The topological polar surface area (TPSA) is 58.6 Å². The molecule has 2 aliphatic heterocycles.